The van der Waals surface area contributed by atoms with Crippen molar-refractivity contribution in [3.8, 4) is 0 Å². The van der Waals surface area contributed by atoms with E-state index in [9.17, 15) is 0 Å². The Balaban J connectivity index is 0.000000771. The summed E-state index contributed by atoms with van der Waals surface area (Å²) in [6.07, 6.45) is 8.54. The molecule has 2 fully saturated rings. The first-order valence-electron chi connectivity index (χ1n) is 8.31. The summed E-state index contributed by atoms with van der Waals surface area (Å²) in [7, 11) is 0. The Morgan fingerprint density at radius 1 is 0.944 bits per heavy atom. The molecule has 0 spiro atoms. The molecule has 1 N–H and O–H groups in total. The van der Waals surface area contributed by atoms with Crippen LogP contribution in [-0.2, 0) is 0 Å². The second-order valence-electron chi connectivity index (χ2n) is 5.73. The van der Waals surface area contributed by atoms with Crippen LogP contribution in [0.25, 0.3) is 0 Å². The summed E-state index contributed by atoms with van der Waals surface area (Å²) in [4.78, 5) is 2.72. The van der Waals surface area contributed by atoms with Crippen LogP contribution in [0.1, 0.15) is 59.3 Å². The largest absolute Gasteiger partial charge is 0.317 e. The SMILES string of the molecule is CC.CCCC1CCN(CC2CCNCC2)CC1. The molecule has 0 atom stereocenters. The molecule has 2 aliphatic heterocycles. The van der Waals surface area contributed by atoms with Gasteiger partial charge in [-0.15, -0.1) is 0 Å². The van der Waals surface area contributed by atoms with Crippen LogP contribution in [0.3, 0.4) is 0 Å². The summed E-state index contributed by atoms with van der Waals surface area (Å²) in [5.74, 6) is 2.01. The Morgan fingerprint density at radius 3 is 2.11 bits per heavy atom. The topological polar surface area (TPSA) is 15.3 Å². The van der Waals surface area contributed by atoms with Crippen LogP contribution in [0.15, 0.2) is 0 Å². The molecule has 0 unspecified atom stereocenters. The fraction of sp³-hybridized carbons (Fsp3) is 1.00. The quantitative estimate of drug-likeness (QED) is 0.826. The van der Waals surface area contributed by atoms with Crippen LogP contribution in [0.2, 0.25) is 0 Å². The molecular formula is C16H34N2. The Kier molecular flexibility index (Phi) is 8.70. The highest BCUT2D eigenvalue weighted by Crippen LogP contribution is 2.23. The maximum atomic E-state index is 3.46. The summed E-state index contributed by atoms with van der Waals surface area (Å²) < 4.78 is 0. The maximum absolute atomic E-state index is 3.46. The molecule has 2 heterocycles. The van der Waals surface area contributed by atoms with Gasteiger partial charge in [0, 0.05) is 6.54 Å². The number of nitrogens with one attached hydrogen (secondary N) is 1. The van der Waals surface area contributed by atoms with E-state index in [0.717, 1.165) is 11.8 Å². The van der Waals surface area contributed by atoms with Crippen LogP contribution in [0.5, 0.6) is 0 Å². The van der Waals surface area contributed by atoms with E-state index in [1.807, 2.05) is 13.8 Å². The number of hydrogen-bond donors (Lipinski definition) is 1. The van der Waals surface area contributed by atoms with Gasteiger partial charge in [-0.2, -0.15) is 0 Å². The van der Waals surface area contributed by atoms with Crippen molar-refractivity contribution in [2.45, 2.75) is 59.3 Å². The number of nitrogens with zero attached hydrogens (tertiary/aromatic N) is 1. The summed E-state index contributed by atoms with van der Waals surface area (Å²) in [5, 5.41) is 3.46. The monoisotopic (exact) mass is 254 g/mol. The van der Waals surface area contributed by atoms with E-state index in [2.05, 4.69) is 17.1 Å². The zero-order valence-corrected chi connectivity index (χ0v) is 12.9. The van der Waals surface area contributed by atoms with Gasteiger partial charge in [0.15, 0.2) is 0 Å². The standard InChI is InChI=1S/C14H28N2.C2H6/c1-2-3-13-6-10-16(11-7-13)12-14-4-8-15-9-5-14;1-2/h13-15H,2-12H2,1H3;1-2H3. The lowest BCUT2D eigenvalue weighted by atomic mass is 9.91. The van der Waals surface area contributed by atoms with E-state index < -0.39 is 0 Å². The van der Waals surface area contributed by atoms with Crippen molar-refractivity contribution in [2.75, 3.05) is 32.7 Å². The van der Waals surface area contributed by atoms with Gasteiger partial charge in [0.1, 0.15) is 0 Å². The first kappa shape index (κ1) is 16.0. The number of likely N-dealkylation sites (tertiary alicyclic amines) is 1. The lowest BCUT2D eigenvalue weighted by Gasteiger charge is -2.35. The van der Waals surface area contributed by atoms with E-state index in [1.54, 1.807) is 0 Å². The lowest BCUT2D eigenvalue weighted by molar-refractivity contribution is 0.144. The van der Waals surface area contributed by atoms with Crippen LogP contribution in [0, 0.1) is 11.8 Å². The van der Waals surface area contributed by atoms with Gasteiger partial charge in [0.25, 0.3) is 0 Å². The van der Waals surface area contributed by atoms with Gasteiger partial charge in [0.2, 0.25) is 0 Å². The third kappa shape index (κ3) is 5.71. The average molecular weight is 254 g/mol. The molecular weight excluding hydrogens is 220 g/mol. The minimum Gasteiger partial charge on any atom is -0.317 e. The lowest BCUT2D eigenvalue weighted by Crippen LogP contribution is -2.40. The molecule has 2 aliphatic rings. The molecule has 18 heavy (non-hydrogen) atoms. The molecule has 0 amide bonds. The van der Waals surface area contributed by atoms with Gasteiger partial charge < -0.3 is 10.2 Å². The number of hydrogen-bond acceptors (Lipinski definition) is 2. The van der Waals surface area contributed by atoms with E-state index >= 15 is 0 Å². The van der Waals surface area contributed by atoms with E-state index in [0.29, 0.717) is 0 Å². The van der Waals surface area contributed by atoms with Crippen molar-refractivity contribution < 1.29 is 0 Å². The molecule has 0 saturated carbocycles. The van der Waals surface area contributed by atoms with Crippen LogP contribution in [0.4, 0.5) is 0 Å². The molecule has 0 bridgehead atoms. The third-order valence-corrected chi connectivity index (χ3v) is 4.38. The smallest absolute Gasteiger partial charge is 0.00106 e. The average Bonchev–Trinajstić information content (AvgIpc) is 2.45. The van der Waals surface area contributed by atoms with E-state index in [1.165, 1.54) is 71.2 Å². The van der Waals surface area contributed by atoms with Gasteiger partial charge in [0.05, 0.1) is 0 Å². The van der Waals surface area contributed by atoms with Crippen LogP contribution in [-0.4, -0.2) is 37.6 Å². The summed E-state index contributed by atoms with van der Waals surface area (Å²) in [5.41, 5.74) is 0. The van der Waals surface area contributed by atoms with Crippen molar-refractivity contribution in [3.05, 3.63) is 0 Å². The highest BCUT2D eigenvalue weighted by Gasteiger charge is 2.21. The van der Waals surface area contributed by atoms with Crippen molar-refractivity contribution >= 4 is 0 Å². The maximum Gasteiger partial charge on any atom is 0.00106 e. The Hall–Kier alpha value is -0.0800. The molecule has 0 aliphatic carbocycles. The van der Waals surface area contributed by atoms with E-state index in [4.69, 9.17) is 0 Å². The minimum absolute atomic E-state index is 0.976. The van der Waals surface area contributed by atoms with Gasteiger partial charge in [-0.05, 0) is 63.7 Å². The fourth-order valence-corrected chi connectivity index (χ4v) is 3.30. The zero-order chi connectivity index (χ0) is 13.2. The third-order valence-electron chi connectivity index (χ3n) is 4.38. The normalized spacial score (nSPS) is 23.5. The van der Waals surface area contributed by atoms with Gasteiger partial charge in [-0.1, -0.05) is 33.6 Å². The molecule has 2 rings (SSSR count). The fourth-order valence-electron chi connectivity index (χ4n) is 3.30. The van der Waals surface area contributed by atoms with Gasteiger partial charge in [-0.25, -0.2) is 0 Å². The first-order chi connectivity index (χ1) is 8.88. The molecule has 0 radical (unpaired) electrons. The molecule has 0 aromatic heterocycles. The summed E-state index contributed by atoms with van der Waals surface area (Å²) in [6, 6.07) is 0. The van der Waals surface area contributed by atoms with Crippen LogP contribution < -0.4 is 5.32 Å². The zero-order valence-electron chi connectivity index (χ0n) is 12.9. The molecule has 2 nitrogen and oxygen atoms in total. The molecule has 0 aromatic rings. The molecule has 2 heteroatoms. The summed E-state index contributed by atoms with van der Waals surface area (Å²) in [6.45, 7) is 12.9. The second kappa shape index (κ2) is 9.80. The second-order valence-corrected chi connectivity index (χ2v) is 5.73. The first-order valence-corrected chi connectivity index (χ1v) is 8.31. The van der Waals surface area contributed by atoms with Gasteiger partial charge >= 0.3 is 0 Å². The van der Waals surface area contributed by atoms with Gasteiger partial charge in [-0.3, -0.25) is 0 Å². The minimum atomic E-state index is 0.976. The number of piperidine rings is 2. The molecule has 108 valence electrons. The van der Waals surface area contributed by atoms with Crippen molar-refractivity contribution in [1.82, 2.24) is 10.2 Å². The van der Waals surface area contributed by atoms with Crippen molar-refractivity contribution in [1.29, 1.82) is 0 Å². The highest BCUT2D eigenvalue weighted by molar-refractivity contribution is 4.77. The Morgan fingerprint density at radius 2 is 1.56 bits per heavy atom. The Bertz CT molecular complexity index is 180. The molecule has 2 saturated heterocycles. The van der Waals surface area contributed by atoms with Crippen molar-refractivity contribution in [2.24, 2.45) is 11.8 Å². The molecule has 0 aromatic carbocycles. The summed E-state index contributed by atoms with van der Waals surface area (Å²) >= 11 is 0. The predicted octanol–water partition coefficient (Wildman–Crippen LogP) is 3.52. The number of rotatable bonds is 4. The van der Waals surface area contributed by atoms with E-state index in [-0.39, 0.29) is 0 Å². The highest BCUT2D eigenvalue weighted by atomic mass is 15.1. The van der Waals surface area contributed by atoms with Crippen LogP contribution >= 0.6 is 0 Å². The predicted molar refractivity (Wildman–Crippen MR) is 81.0 cm³/mol. The Labute approximate surface area is 115 Å². The van der Waals surface area contributed by atoms with Crippen molar-refractivity contribution in [3.63, 3.8) is 0 Å².